The van der Waals surface area contributed by atoms with Crippen molar-refractivity contribution in [3.8, 4) is 0 Å². The van der Waals surface area contributed by atoms with E-state index in [0.29, 0.717) is 31.9 Å². The Morgan fingerprint density at radius 2 is 1.93 bits per heavy atom. The number of amides is 1. The number of hydrogen-bond acceptors (Lipinski definition) is 5. The average molecular weight is 401 g/mol. The molecule has 1 aromatic carbocycles. The van der Waals surface area contributed by atoms with Gasteiger partial charge in [-0.05, 0) is 29.8 Å². The van der Waals surface area contributed by atoms with Gasteiger partial charge in [0, 0.05) is 0 Å². The summed E-state index contributed by atoms with van der Waals surface area (Å²) in [7, 11) is 0. The first kappa shape index (κ1) is 19.4. The summed E-state index contributed by atoms with van der Waals surface area (Å²) in [6.07, 6.45) is 1.36. The number of Topliss-reactive ketones (excluding diaryl/α,β-unsaturated/α-hetero) is 1. The molecule has 0 saturated carbocycles. The second-order valence-corrected chi connectivity index (χ2v) is 7.13. The summed E-state index contributed by atoms with van der Waals surface area (Å²) in [4.78, 5) is 28.6. The highest BCUT2D eigenvalue weighted by Crippen LogP contribution is 2.38. The first-order chi connectivity index (χ1) is 14.1. The summed E-state index contributed by atoms with van der Waals surface area (Å²) in [5.74, 6) is -2.14. The van der Waals surface area contributed by atoms with Gasteiger partial charge in [-0.15, -0.1) is 0 Å². The highest BCUT2D eigenvalue weighted by Gasteiger charge is 2.44. The maximum absolute atomic E-state index is 13.5. The molecule has 8 heteroatoms. The van der Waals surface area contributed by atoms with Gasteiger partial charge in [0.25, 0.3) is 5.91 Å². The molecule has 7 nitrogen and oxygen atoms in total. The van der Waals surface area contributed by atoms with Crippen LogP contribution in [-0.2, 0) is 9.53 Å². The van der Waals surface area contributed by atoms with Crippen LogP contribution < -0.4 is 4.90 Å². The van der Waals surface area contributed by atoms with Crippen LogP contribution in [0.1, 0.15) is 22.2 Å². The van der Waals surface area contributed by atoms with Crippen molar-refractivity contribution < 1.29 is 33.1 Å². The predicted molar refractivity (Wildman–Crippen MR) is 99.9 cm³/mol. The van der Waals surface area contributed by atoms with E-state index < -0.39 is 29.3 Å². The van der Waals surface area contributed by atoms with Crippen LogP contribution in [0.2, 0.25) is 0 Å². The Bertz CT molecular complexity index is 917. The molecule has 0 spiro atoms. The van der Waals surface area contributed by atoms with E-state index in [-0.39, 0.29) is 11.3 Å². The Morgan fingerprint density at radius 1 is 1.21 bits per heavy atom. The summed E-state index contributed by atoms with van der Waals surface area (Å²) >= 11 is 0. The van der Waals surface area contributed by atoms with Gasteiger partial charge < -0.3 is 24.1 Å². The van der Waals surface area contributed by atoms with Gasteiger partial charge >= 0.3 is 0 Å². The standard InChI is InChI=1S/C21H21FN2O5/c22-15-5-3-14(4-6-15)18-17(19(25)16-2-1-11-29-16)20(26)21(27)24(18)8-7-23-9-12-28-13-10-23/h1-6,11,18,26H,7-10,12-13H2/p+1/t18-/m0/s1. The summed E-state index contributed by atoms with van der Waals surface area (Å²) in [5, 5.41) is 10.5. The van der Waals surface area contributed by atoms with Crippen LogP contribution in [0, 0.1) is 5.82 Å². The van der Waals surface area contributed by atoms with Gasteiger partial charge in [-0.25, -0.2) is 4.39 Å². The molecule has 2 N–H and O–H groups in total. The molecule has 0 bridgehead atoms. The summed E-state index contributed by atoms with van der Waals surface area (Å²) in [6.45, 7) is 3.99. The number of halogens is 1. The lowest BCUT2D eigenvalue weighted by Crippen LogP contribution is -3.14. The third kappa shape index (κ3) is 3.81. The third-order valence-corrected chi connectivity index (χ3v) is 5.39. The van der Waals surface area contributed by atoms with E-state index in [2.05, 4.69) is 0 Å². The molecule has 1 atom stereocenters. The molecule has 2 aliphatic heterocycles. The minimum Gasteiger partial charge on any atom is -0.503 e. The van der Waals surface area contributed by atoms with Gasteiger partial charge in [-0.1, -0.05) is 12.1 Å². The van der Waals surface area contributed by atoms with Crippen molar-refractivity contribution in [2.24, 2.45) is 0 Å². The zero-order valence-electron chi connectivity index (χ0n) is 15.8. The van der Waals surface area contributed by atoms with E-state index in [0.717, 1.165) is 13.1 Å². The molecule has 2 aromatic rings. The van der Waals surface area contributed by atoms with Gasteiger partial charge in [0.1, 0.15) is 18.9 Å². The minimum atomic E-state index is -0.804. The highest BCUT2D eigenvalue weighted by atomic mass is 19.1. The van der Waals surface area contributed by atoms with Crippen molar-refractivity contribution in [2.45, 2.75) is 6.04 Å². The van der Waals surface area contributed by atoms with Crippen LogP contribution in [-0.4, -0.2) is 61.1 Å². The number of hydrogen-bond donors (Lipinski definition) is 2. The average Bonchev–Trinajstić information content (AvgIpc) is 3.36. The van der Waals surface area contributed by atoms with Crippen molar-refractivity contribution in [3.63, 3.8) is 0 Å². The molecular formula is C21H22FN2O5+. The number of quaternary nitrogens is 1. The first-order valence-electron chi connectivity index (χ1n) is 9.55. The molecule has 0 aliphatic carbocycles. The molecule has 2 aliphatic rings. The van der Waals surface area contributed by atoms with E-state index in [4.69, 9.17) is 9.15 Å². The predicted octanol–water partition coefficient (Wildman–Crippen LogP) is 0.912. The Balaban J connectivity index is 1.66. The number of benzene rings is 1. The quantitative estimate of drug-likeness (QED) is 0.703. The van der Waals surface area contributed by atoms with Crippen molar-refractivity contribution in [1.82, 2.24) is 4.90 Å². The lowest BCUT2D eigenvalue weighted by Gasteiger charge is -2.30. The summed E-state index contributed by atoms with van der Waals surface area (Å²) in [5.41, 5.74) is 0.504. The van der Waals surface area contributed by atoms with E-state index in [1.54, 1.807) is 6.07 Å². The van der Waals surface area contributed by atoms with Gasteiger partial charge in [0.15, 0.2) is 11.5 Å². The fraction of sp³-hybridized carbons (Fsp3) is 0.333. The molecular weight excluding hydrogens is 379 g/mol. The zero-order chi connectivity index (χ0) is 20.4. The fourth-order valence-corrected chi connectivity index (χ4v) is 3.84. The maximum atomic E-state index is 13.5. The smallest absolute Gasteiger partial charge is 0.290 e. The summed E-state index contributed by atoms with van der Waals surface area (Å²) in [6, 6.07) is 7.83. The number of carbonyl (C=O) groups excluding carboxylic acids is 2. The van der Waals surface area contributed by atoms with Crippen molar-refractivity contribution in [1.29, 1.82) is 0 Å². The third-order valence-electron chi connectivity index (χ3n) is 5.39. The van der Waals surface area contributed by atoms with Crippen molar-refractivity contribution in [2.75, 3.05) is 39.4 Å². The number of ketones is 1. The molecule has 0 unspecified atom stereocenters. The second-order valence-electron chi connectivity index (χ2n) is 7.13. The number of nitrogens with zero attached hydrogens (tertiary/aromatic N) is 1. The lowest BCUT2D eigenvalue weighted by atomic mass is 9.95. The van der Waals surface area contributed by atoms with Gasteiger partial charge in [0.05, 0.1) is 44.2 Å². The minimum absolute atomic E-state index is 0.0344. The van der Waals surface area contributed by atoms with E-state index in [1.165, 1.54) is 46.4 Å². The van der Waals surface area contributed by atoms with E-state index in [1.807, 2.05) is 0 Å². The van der Waals surface area contributed by atoms with Gasteiger partial charge in [-0.2, -0.15) is 0 Å². The molecule has 1 saturated heterocycles. The van der Waals surface area contributed by atoms with Crippen LogP contribution in [0.3, 0.4) is 0 Å². The Morgan fingerprint density at radius 3 is 2.59 bits per heavy atom. The Kier molecular flexibility index (Phi) is 5.46. The molecule has 1 fully saturated rings. The second kappa shape index (κ2) is 8.18. The monoisotopic (exact) mass is 401 g/mol. The van der Waals surface area contributed by atoms with Gasteiger partial charge in [-0.3, -0.25) is 9.59 Å². The molecule has 0 radical (unpaired) electrons. The number of nitrogens with one attached hydrogen (secondary N) is 1. The molecule has 4 rings (SSSR count). The van der Waals surface area contributed by atoms with Crippen LogP contribution in [0.5, 0.6) is 0 Å². The Hall–Kier alpha value is -2.97. The number of aliphatic hydroxyl groups is 1. The molecule has 1 amide bonds. The van der Waals surface area contributed by atoms with Crippen molar-refractivity contribution >= 4 is 11.7 Å². The number of ether oxygens (including phenoxy) is 1. The Labute approximate surface area is 167 Å². The molecule has 1 aromatic heterocycles. The first-order valence-corrected chi connectivity index (χ1v) is 9.55. The number of rotatable bonds is 6. The topological polar surface area (TPSA) is 84.4 Å². The summed E-state index contributed by atoms with van der Waals surface area (Å²) < 4.78 is 24.0. The van der Waals surface area contributed by atoms with Crippen LogP contribution >= 0.6 is 0 Å². The molecule has 152 valence electrons. The maximum Gasteiger partial charge on any atom is 0.290 e. The number of morpholine rings is 1. The van der Waals surface area contributed by atoms with Crippen LogP contribution in [0.4, 0.5) is 4.39 Å². The van der Waals surface area contributed by atoms with Gasteiger partial charge in [0.2, 0.25) is 5.78 Å². The normalized spacial score (nSPS) is 20.5. The number of carbonyl (C=O) groups is 2. The number of furan rings is 1. The van der Waals surface area contributed by atoms with Crippen molar-refractivity contribution in [3.05, 3.63) is 71.1 Å². The van der Waals surface area contributed by atoms with E-state index >= 15 is 0 Å². The SMILES string of the molecule is O=C(C1=C(O)C(=O)N(CC[NH+]2CCOCC2)[C@H]1c1ccc(F)cc1)c1ccco1. The highest BCUT2D eigenvalue weighted by molar-refractivity contribution is 6.14. The van der Waals surface area contributed by atoms with Crippen LogP contribution in [0.15, 0.2) is 58.4 Å². The lowest BCUT2D eigenvalue weighted by molar-refractivity contribution is -0.907. The fourth-order valence-electron chi connectivity index (χ4n) is 3.84. The number of aliphatic hydroxyl groups excluding tert-OH is 1. The molecule has 29 heavy (non-hydrogen) atoms. The largest absolute Gasteiger partial charge is 0.503 e. The molecule has 3 heterocycles. The van der Waals surface area contributed by atoms with Crippen LogP contribution in [0.25, 0.3) is 0 Å². The zero-order valence-corrected chi connectivity index (χ0v) is 15.8. The van der Waals surface area contributed by atoms with E-state index in [9.17, 15) is 19.1 Å².